The first-order valence-electron chi connectivity index (χ1n) is 7.33. The fourth-order valence-corrected chi connectivity index (χ4v) is 2.40. The fraction of sp³-hybridized carbons (Fsp3) is 0.353. The lowest BCUT2D eigenvalue weighted by Gasteiger charge is -2.24. The first-order valence-corrected chi connectivity index (χ1v) is 7.33. The molecule has 1 aromatic carbocycles. The maximum Gasteiger partial charge on any atom is 0.255 e. The Kier molecular flexibility index (Phi) is 4.83. The third kappa shape index (κ3) is 3.26. The van der Waals surface area contributed by atoms with Gasteiger partial charge in [0.05, 0.1) is 18.2 Å². The van der Waals surface area contributed by atoms with Crippen molar-refractivity contribution in [2.75, 3.05) is 21.2 Å². The molecule has 23 heavy (non-hydrogen) atoms. The Labute approximate surface area is 135 Å². The average molecular weight is 315 g/mol. The molecule has 0 saturated heterocycles. The number of benzene rings is 1. The van der Waals surface area contributed by atoms with E-state index in [0.29, 0.717) is 16.8 Å². The number of rotatable bonds is 4. The van der Waals surface area contributed by atoms with Crippen molar-refractivity contribution >= 4 is 22.7 Å². The minimum absolute atomic E-state index is 0.211. The molecule has 0 fully saturated rings. The van der Waals surface area contributed by atoms with Gasteiger partial charge in [0.25, 0.3) is 5.91 Å². The molecule has 6 heteroatoms. The standard InChI is InChI=1S/C17H21N3O3/c1-10-8-14(17(22)20(4)11(2)16(21)18-3)13-7-6-12(23-5)9-15(13)19-10/h6-9,11H,1-5H3,(H,18,21)/t11-/m0/s1. The fourth-order valence-electron chi connectivity index (χ4n) is 2.40. The number of likely N-dealkylation sites (N-methyl/N-ethyl adjacent to an activating group) is 2. The highest BCUT2D eigenvalue weighted by atomic mass is 16.5. The number of carbonyl (C=O) groups excluding carboxylic acids is 2. The van der Waals surface area contributed by atoms with Crippen molar-refractivity contribution in [1.29, 1.82) is 0 Å². The molecule has 0 bridgehead atoms. The molecule has 0 aliphatic rings. The van der Waals surface area contributed by atoms with Crippen molar-refractivity contribution in [3.8, 4) is 5.75 Å². The van der Waals surface area contributed by atoms with Crippen molar-refractivity contribution in [3.63, 3.8) is 0 Å². The molecular formula is C17H21N3O3. The van der Waals surface area contributed by atoms with Gasteiger partial charge in [-0.15, -0.1) is 0 Å². The van der Waals surface area contributed by atoms with Gasteiger partial charge in [0.1, 0.15) is 11.8 Å². The van der Waals surface area contributed by atoms with Gasteiger partial charge in [0.2, 0.25) is 5.91 Å². The lowest BCUT2D eigenvalue weighted by atomic mass is 10.1. The Balaban J connectivity index is 2.50. The summed E-state index contributed by atoms with van der Waals surface area (Å²) in [7, 11) is 4.75. The molecule has 1 N–H and O–H groups in total. The van der Waals surface area contributed by atoms with Crippen LogP contribution < -0.4 is 10.1 Å². The van der Waals surface area contributed by atoms with Gasteiger partial charge in [0, 0.05) is 31.2 Å². The third-order valence-corrected chi connectivity index (χ3v) is 3.90. The number of aryl methyl sites for hydroxylation is 1. The zero-order valence-corrected chi connectivity index (χ0v) is 14.0. The van der Waals surface area contributed by atoms with E-state index in [-0.39, 0.29) is 11.8 Å². The molecule has 0 unspecified atom stereocenters. The highest BCUT2D eigenvalue weighted by Gasteiger charge is 2.24. The second kappa shape index (κ2) is 6.64. The summed E-state index contributed by atoms with van der Waals surface area (Å²) < 4.78 is 5.21. The van der Waals surface area contributed by atoms with Crippen LogP contribution in [0.3, 0.4) is 0 Å². The van der Waals surface area contributed by atoms with Crippen LogP contribution in [0.25, 0.3) is 10.9 Å². The number of carbonyl (C=O) groups is 2. The van der Waals surface area contributed by atoms with Gasteiger partial charge in [0.15, 0.2) is 0 Å². The highest BCUT2D eigenvalue weighted by Crippen LogP contribution is 2.24. The molecule has 1 heterocycles. The van der Waals surface area contributed by atoms with Crippen LogP contribution in [-0.4, -0.2) is 48.9 Å². The topological polar surface area (TPSA) is 71.5 Å². The van der Waals surface area contributed by atoms with Crippen LogP contribution in [0.1, 0.15) is 23.0 Å². The first-order chi connectivity index (χ1) is 10.9. The van der Waals surface area contributed by atoms with Crippen LogP contribution in [0, 0.1) is 6.92 Å². The number of fused-ring (bicyclic) bond motifs is 1. The van der Waals surface area contributed by atoms with Crippen LogP contribution in [0.4, 0.5) is 0 Å². The summed E-state index contributed by atoms with van der Waals surface area (Å²) >= 11 is 0. The molecule has 0 radical (unpaired) electrons. The molecule has 0 spiro atoms. The van der Waals surface area contributed by atoms with E-state index in [2.05, 4.69) is 10.3 Å². The van der Waals surface area contributed by atoms with Gasteiger partial charge in [-0.3, -0.25) is 14.6 Å². The Morgan fingerprint density at radius 1 is 1.30 bits per heavy atom. The van der Waals surface area contributed by atoms with Crippen molar-refractivity contribution in [2.24, 2.45) is 0 Å². The highest BCUT2D eigenvalue weighted by molar-refractivity contribution is 6.07. The average Bonchev–Trinajstić information content (AvgIpc) is 2.57. The van der Waals surface area contributed by atoms with Gasteiger partial charge in [-0.2, -0.15) is 0 Å². The SMILES string of the molecule is CNC(=O)[C@H](C)N(C)C(=O)c1cc(C)nc2cc(OC)ccc12. The van der Waals surface area contributed by atoms with Gasteiger partial charge in [-0.05, 0) is 32.0 Å². The maximum atomic E-state index is 12.8. The minimum atomic E-state index is -0.561. The van der Waals surface area contributed by atoms with Crippen LogP contribution in [0.2, 0.25) is 0 Å². The van der Waals surface area contributed by atoms with E-state index in [1.165, 1.54) is 4.90 Å². The van der Waals surface area contributed by atoms with Gasteiger partial charge in [-0.25, -0.2) is 0 Å². The molecule has 2 amide bonds. The van der Waals surface area contributed by atoms with E-state index in [4.69, 9.17) is 4.74 Å². The predicted molar refractivity (Wildman–Crippen MR) is 88.7 cm³/mol. The lowest BCUT2D eigenvalue weighted by molar-refractivity contribution is -0.124. The molecule has 0 aliphatic carbocycles. The summed E-state index contributed by atoms with van der Waals surface area (Å²) in [5, 5.41) is 3.29. The van der Waals surface area contributed by atoms with Gasteiger partial charge < -0.3 is 15.0 Å². The van der Waals surface area contributed by atoms with Crippen LogP contribution in [-0.2, 0) is 4.79 Å². The van der Waals surface area contributed by atoms with Gasteiger partial charge >= 0.3 is 0 Å². The van der Waals surface area contributed by atoms with E-state index in [1.807, 2.05) is 13.0 Å². The number of amides is 2. The summed E-state index contributed by atoms with van der Waals surface area (Å²) in [5.41, 5.74) is 1.94. The van der Waals surface area contributed by atoms with E-state index >= 15 is 0 Å². The molecule has 2 aromatic rings. The third-order valence-electron chi connectivity index (χ3n) is 3.90. The Morgan fingerprint density at radius 3 is 2.61 bits per heavy atom. The summed E-state index contributed by atoms with van der Waals surface area (Å²) in [6.07, 6.45) is 0. The van der Waals surface area contributed by atoms with Crippen LogP contribution in [0.15, 0.2) is 24.3 Å². The quantitative estimate of drug-likeness (QED) is 0.933. The number of hydrogen-bond acceptors (Lipinski definition) is 4. The summed E-state index contributed by atoms with van der Waals surface area (Å²) in [4.78, 5) is 30.5. The largest absolute Gasteiger partial charge is 0.497 e. The molecule has 1 atom stereocenters. The zero-order valence-electron chi connectivity index (χ0n) is 14.0. The number of ether oxygens (including phenoxy) is 1. The molecule has 0 saturated carbocycles. The van der Waals surface area contributed by atoms with Crippen molar-refractivity contribution in [3.05, 3.63) is 35.5 Å². The van der Waals surface area contributed by atoms with E-state index in [1.54, 1.807) is 46.3 Å². The summed E-state index contributed by atoms with van der Waals surface area (Å²) in [5.74, 6) is 0.250. The molecule has 0 aliphatic heterocycles. The second-order valence-corrected chi connectivity index (χ2v) is 5.40. The monoisotopic (exact) mass is 315 g/mol. The Hall–Kier alpha value is -2.63. The molecule has 6 nitrogen and oxygen atoms in total. The normalized spacial score (nSPS) is 11.9. The first kappa shape index (κ1) is 16.7. The van der Waals surface area contributed by atoms with Gasteiger partial charge in [-0.1, -0.05) is 0 Å². The molecular weight excluding hydrogens is 294 g/mol. The van der Waals surface area contributed by atoms with E-state index in [0.717, 1.165) is 11.1 Å². The number of methoxy groups -OCH3 is 1. The maximum absolute atomic E-state index is 12.8. The number of nitrogens with zero attached hydrogens (tertiary/aromatic N) is 2. The Morgan fingerprint density at radius 2 is 2.00 bits per heavy atom. The zero-order chi connectivity index (χ0) is 17.1. The van der Waals surface area contributed by atoms with Crippen LogP contribution >= 0.6 is 0 Å². The predicted octanol–water partition coefficient (Wildman–Crippen LogP) is 1.76. The van der Waals surface area contributed by atoms with Crippen molar-refractivity contribution in [2.45, 2.75) is 19.9 Å². The number of pyridine rings is 1. The second-order valence-electron chi connectivity index (χ2n) is 5.40. The summed E-state index contributed by atoms with van der Waals surface area (Å²) in [6.45, 7) is 3.52. The summed E-state index contributed by atoms with van der Waals surface area (Å²) in [6, 6.07) is 6.57. The van der Waals surface area contributed by atoms with Crippen molar-refractivity contribution < 1.29 is 14.3 Å². The smallest absolute Gasteiger partial charge is 0.255 e. The number of aromatic nitrogens is 1. The Bertz CT molecular complexity index is 758. The minimum Gasteiger partial charge on any atom is -0.497 e. The molecule has 122 valence electrons. The number of nitrogens with one attached hydrogen (secondary N) is 1. The lowest BCUT2D eigenvalue weighted by Crippen LogP contribution is -2.44. The number of hydrogen-bond donors (Lipinski definition) is 1. The van der Waals surface area contributed by atoms with E-state index < -0.39 is 6.04 Å². The van der Waals surface area contributed by atoms with Crippen LogP contribution in [0.5, 0.6) is 5.75 Å². The van der Waals surface area contributed by atoms with E-state index in [9.17, 15) is 9.59 Å². The van der Waals surface area contributed by atoms with Crippen molar-refractivity contribution in [1.82, 2.24) is 15.2 Å². The molecule has 1 aromatic heterocycles. The molecule has 2 rings (SSSR count).